The highest BCUT2D eigenvalue weighted by atomic mass is 16.2. The summed E-state index contributed by atoms with van der Waals surface area (Å²) in [6, 6.07) is 25.3. The lowest BCUT2D eigenvalue weighted by atomic mass is 10.1. The summed E-state index contributed by atoms with van der Waals surface area (Å²) in [4.78, 5) is 29.2. The van der Waals surface area contributed by atoms with Crippen molar-refractivity contribution >= 4 is 29.0 Å². The molecule has 0 saturated carbocycles. The van der Waals surface area contributed by atoms with Gasteiger partial charge in [-0.3, -0.25) is 4.79 Å². The third-order valence-corrected chi connectivity index (χ3v) is 6.37. The minimum Gasteiger partial charge on any atom is -0.368 e. The first-order valence-corrected chi connectivity index (χ1v) is 12.5. The van der Waals surface area contributed by atoms with Crippen molar-refractivity contribution in [1.29, 1.82) is 0 Å². The Labute approximate surface area is 207 Å². The van der Waals surface area contributed by atoms with E-state index in [0.29, 0.717) is 18.7 Å². The van der Waals surface area contributed by atoms with Crippen molar-refractivity contribution in [2.24, 2.45) is 0 Å². The molecule has 0 aromatic heterocycles. The first kappa shape index (κ1) is 24.3. The van der Waals surface area contributed by atoms with Gasteiger partial charge in [0.25, 0.3) is 5.91 Å². The smallest absolute Gasteiger partial charge is 0.321 e. The average molecular weight is 471 g/mol. The Bertz CT molecular complexity index is 1090. The molecule has 1 fully saturated rings. The summed E-state index contributed by atoms with van der Waals surface area (Å²) in [6.45, 7) is 5.04. The first-order chi connectivity index (χ1) is 17.1. The molecule has 0 bridgehead atoms. The lowest BCUT2D eigenvalue weighted by Crippen LogP contribution is -2.50. The van der Waals surface area contributed by atoms with Crippen molar-refractivity contribution in [3.8, 4) is 0 Å². The van der Waals surface area contributed by atoms with Gasteiger partial charge < -0.3 is 20.4 Å². The van der Waals surface area contributed by atoms with Gasteiger partial charge in [0.15, 0.2) is 0 Å². The summed E-state index contributed by atoms with van der Waals surface area (Å²) in [5, 5.41) is 5.93. The van der Waals surface area contributed by atoms with Gasteiger partial charge in [-0.1, -0.05) is 50.1 Å². The van der Waals surface area contributed by atoms with Crippen LogP contribution in [0.2, 0.25) is 0 Å². The molecule has 2 N–H and O–H groups in total. The number of rotatable bonds is 8. The fourth-order valence-electron chi connectivity index (χ4n) is 4.25. The second-order valence-electron chi connectivity index (χ2n) is 8.93. The number of nitrogens with one attached hydrogen (secondary N) is 2. The van der Waals surface area contributed by atoms with E-state index in [2.05, 4.69) is 22.5 Å². The Balaban J connectivity index is 1.25. The van der Waals surface area contributed by atoms with Gasteiger partial charge in [0.2, 0.25) is 0 Å². The van der Waals surface area contributed by atoms with Gasteiger partial charge in [-0.05, 0) is 66.9 Å². The molecule has 3 amide bonds. The number of benzene rings is 3. The topological polar surface area (TPSA) is 64.7 Å². The van der Waals surface area contributed by atoms with Crippen molar-refractivity contribution < 1.29 is 9.59 Å². The summed E-state index contributed by atoms with van der Waals surface area (Å²) >= 11 is 0. The highest BCUT2D eigenvalue weighted by Gasteiger charge is 2.21. The zero-order chi connectivity index (χ0) is 24.5. The Morgan fingerprint density at radius 3 is 2.06 bits per heavy atom. The van der Waals surface area contributed by atoms with E-state index in [1.54, 1.807) is 0 Å². The van der Waals surface area contributed by atoms with E-state index in [-0.39, 0.29) is 11.9 Å². The van der Waals surface area contributed by atoms with E-state index >= 15 is 0 Å². The normalized spacial score (nSPS) is 13.4. The standard InChI is InChI=1S/C29H34N4O2/c1-2-3-5-8-23-11-13-24(14-12-23)28(34)30-26-15-17-27(18-16-26)32-19-21-33(22-20-32)29(35)31-25-9-6-4-7-10-25/h4,6-7,9-18H,2-3,5,8,19-22H2,1H3,(H,30,34)(H,31,35). The number of nitrogens with zero attached hydrogens (tertiary/aromatic N) is 2. The van der Waals surface area contributed by atoms with Crippen LogP contribution in [-0.4, -0.2) is 43.0 Å². The number of aryl methyl sites for hydroxylation is 1. The van der Waals surface area contributed by atoms with Crippen molar-refractivity contribution in [3.63, 3.8) is 0 Å². The zero-order valence-corrected chi connectivity index (χ0v) is 20.4. The highest BCUT2D eigenvalue weighted by Crippen LogP contribution is 2.21. The molecule has 0 unspecified atom stereocenters. The molecule has 6 nitrogen and oxygen atoms in total. The zero-order valence-electron chi connectivity index (χ0n) is 20.4. The molecule has 1 saturated heterocycles. The van der Waals surface area contributed by atoms with E-state index < -0.39 is 0 Å². The lowest BCUT2D eigenvalue weighted by molar-refractivity contribution is 0.102. The van der Waals surface area contributed by atoms with Crippen LogP contribution in [0.5, 0.6) is 0 Å². The predicted octanol–water partition coefficient (Wildman–Crippen LogP) is 6.03. The SMILES string of the molecule is CCCCCc1ccc(C(=O)Nc2ccc(N3CCN(C(=O)Nc4ccccc4)CC3)cc2)cc1. The summed E-state index contributed by atoms with van der Waals surface area (Å²) < 4.78 is 0. The second-order valence-corrected chi connectivity index (χ2v) is 8.93. The Morgan fingerprint density at radius 1 is 0.743 bits per heavy atom. The number of para-hydroxylation sites is 1. The van der Waals surface area contributed by atoms with Crippen LogP contribution >= 0.6 is 0 Å². The monoisotopic (exact) mass is 470 g/mol. The van der Waals surface area contributed by atoms with Gasteiger partial charge in [-0.2, -0.15) is 0 Å². The van der Waals surface area contributed by atoms with E-state index in [0.717, 1.165) is 36.6 Å². The number of carbonyl (C=O) groups is 2. The number of piperazine rings is 1. The van der Waals surface area contributed by atoms with Crippen molar-refractivity contribution in [3.05, 3.63) is 90.0 Å². The molecule has 3 aromatic carbocycles. The van der Waals surface area contributed by atoms with E-state index in [9.17, 15) is 9.59 Å². The molecule has 4 rings (SSSR count). The molecular formula is C29H34N4O2. The summed E-state index contributed by atoms with van der Waals surface area (Å²) in [6.07, 6.45) is 4.69. The first-order valence-electron chi connectivity index (χ1n) is 12.5. The van der Waals surface area contributed by atoms with Gasteiger partial charge in [-0.25, -0.2) is 4.79 Å². The number of urea groups is 1. The van der Waals surface area contributed by atoms with Crippen molar-refractivity contribution in [2.75, 3.05) is 41.7 Å². The molecular weight excluding hydrogens is 436 g/mol. The Kier molecular flexibility index (Phi) is 8.39. The second kappa shape index (κ2) is 12.1. The van der Waals surface area contributed by atoms with Gasteiger partial charge in [0.1, 0.15) is 0 Å². The maximum absolute atomic E-state index is 12.6. The maximum Gasteiger partial charge on any atom is 0.321 e. The van der Waals surface area contributed by atoms with Crippen LogP contribution in [0, 0.1) is 0 Å². The lowest BCUT2D eigenvalue weighted by Gasteiger charge is -2.36. The van der Waals surface area contributed by atoms with E-state index in [1.807, 2.05) is 83.8 Å². The van der Waals surface area contributed by atoms with Crippen LogP contribution in [0.3, 0.4) is 0 Å². The molecule has 0 aliphatic carbocycles. The summed E-state index contributed by atoms with van der Waals surface area (Å²) in [5.74, 6) is -0.101. The molecule has 0 spiro atoms. The van der Waals surface area contributed by atoms with Gasteiger partial charge in [0.05, 0.1) is 0 Å². The van der Waals surface area contributed by atoms with Crippen LogP contribution in [0.15, 0.2) is 78.9 Å². The van der Waals surface area contributed by atoms with Gasteiger partial charge >= 0.3 is 6.03 Å². The predicted molar refractivity (Wildman–Crippen MR) is 143 cm³/mol. The maximum atomic E-state index is 12.6. The van der Waals surface area contributed by atoms with Crippen molar-refractivity contribution in [1.82, 2.24) is 4.90 Å². The van der Waals surface area contributed by atoms with E-state index in [1.165, 1.54) is 24.8 Å². The molecule has 0 atom stereocenters. The minimum atomic E-state index is -0.101. The number of hydrogen-bond acceptors (Lipinski definition) is 3. The molecule has 35 heavy (non-hydrogen) atoms. The van der Waals surface area contributed by atoms with Crippen LogP contribution in [0.4, 0.5) is 21.9 Å². The number of unbranched alkanes of at least 4 members (excludes halogenated alkanes) is 2. The molecule has 1 aliphatic heterocycles. The fourth-order valence-corrected chi connectivity index (χ4v) is 4.25. The number of carbonyl (C=O) groups excluding carboxylic acids is 2. The van der Waals surface area contributed by atoms with Gasteiger partial charge in [-0.15, -0.1) is 0 Å². The van der Waals surface area contributed by atoms with Crippen LogP contribution in [0.25, 0.3) is 0 Å². The fraction of sp³-hybridized carbons (Fsp3) is 0.310. The average Bonchev–Trinajstić information content (AvgIpc) is 2.90. The quantitative estimate of drug-likeness (QED) is 0.395. The number of anilines is 3. The third-order valence-electron chi connectivity index (χ3n) is 6.37. The van der Waals surface area contributed by atoms with Crippen LogP contribution in [-0.2, 0) is 6.42 Å². The van der Waals surface area contributed by atoms with Crippen molar-refractivity contribution in [2.45, 2.75) is 32.6 Å². The highest BCUT2D eigenvalue weighted by molar-refractivity contribution is 6.04. The summed E-state index contributed by atoms with van der Waals surface area (Å²) in [5.41, 5.74) is 4.60. The number of hydrogen-bond donors (Lipinski definition) is 2. The molecule has 1 aliphatic rings. The largest absolute Gasteiger partial charge is 0.368 e. The number of amides is 3. The van der Waals surface area contributed by atoms with E-state index in [4.69, 9.17) is 0 Å². The van der Waals surface area contributed by atoms with Crippen LogP contribution in [0.1, 0.15) is 42.1 Å². The minimum absolute atomic E-state index is 0.0668. The molecule has 6 heteroatoms. The molecule has 0 radical (unpaired) electrons. The Morgan fingerprint density at radius 2 is 1.40 bits per heavy atom. The van der Waals surface area contributed by atoms with Gasteiger partial charge in [0, 0.05) is 48.8 Å². The molecule has 1 heterocycles. The third kappa shape index (κ3) is 6.85. The molecule has 182 valence electrons. The molecule has 3 aromatic rings. The summed E-state index contributed by atoms with van der Waals surface area (Å²) in [7, 11) is 0. The van der Waals surface area contributed by atoms with Crippen LogP contribution < -0.4 is 15.5 Å². The Hall–Kier alpha value is -3.80.